The van der Waals surface area contributed by atoms with Gasteiger partial charge in [0.2, 0.25) is 6.79 Å². The van der Waals surface area contributed by atoms with Crippen molar-refractivity contribution in [3.05, 3.63) is 22.2 Å². The van der Waals surface area contributed by atoms with E-state index in [2.05, 4.69) is 28.2 Å². The second-order valence-electron chi connectivity index (χ2n) is 5.06. The Labute approximate surface area is 133 Å². The van der Waals surface area contributed by atoms with Crippen molar-refractivity contribution in [1.29, 1.82) is 0 Å². The van der Waals surface area contributed by atoms with Crippen molar-refractivity contribution in [1.82, 2.24) is 5.32 Å². The molecule has 2 unspecified atom stereocenters. The topological polar surface area (TPSA) is 56.8 Å². The van der Waals surface area contributed by atoms with Crippen LogP contribution in [0.3, 0.4) is 0 Å². The van der Waals surface area contributed by atoms with E-state index < -0.39 is 0 Å². The van der Waals surface area contributed by atoms with E-state index in [0.717, 1.165) is 28.0 Å². The molecule has 1 aliphatic rings. The van der Waals surface area contributed by atoms with Gasteiger partial charge in [0.1, 0.15) is 6.04 Å². The van der Waals surface area contributed by atoms with Gasteiger partial charge >= 0.3 is 5.97 Å². The molecule has 1 aliphatic heterocycles. The van der Waals surface area contributed by atoms with E-state index in [1.165, 1.54) is 7.11 Å². The lowest BCUT2D eigenvalue weighted by Crippen LogP contribution is -2.42. The molecule has 1 aromatic carbocycles. The monoisotopic (exact) mass is 357 g/mol. The van der Waals surface area contributed by atoms with Crippen LogP contribution in [0.1, 0.15) is 25.8 Å². The SMILES string of the molecule is CCC(C)C(NCc1cc2c(cc1Br)OCO2)C(=O)OC. The molecular weight excluding hydrogens is 338 g/mol. The molecule has 21 heavy (non-hydrogen) atoms. The van der Waals surface area contributed by atoms with Gasteiger partial charge in [0.25, 0.3) is 0 Å². The summed E-state index contributed by atoms with van der Waals surface area (Å²) in [6, 6.07) is 3.48. The van der Waals surface area contributed by atoms with Crippen LogP contribution < -0.4 is 14.8 Å². The maximum atomic E-state index is 11.9. The number of carbonyl (C=O) groups excluding carboxylic acids is 1. The molecule has 0 radical (unpaired) electrons. The van der Waals surface area contributed by atoms with Crippen LogP contribution in [-0.2, 0) is 16.1 Å². The van der Waals surface area contributed by atoms with Crippen molar-refractivity contribution < 1.29 is 19.0 Å². The van der Waals surface area contributed by atoms with Gasteiger partial charge in [0.05, 0.1) is 7.11 Å². The number of nitrogens with one attached hydrogen (secondary N) is 1. The molecule has 0 spiro atoms. The minimum Gasteiger partial charge on any atom is -0.468 e. The highest BCUT2D eigenvalue weighted by atomic mass is 79.9. The van der Waals surface area contributed by atoms with Crippen molar-refractivity contribution >= 4 is 21.9 Å². The molecule has 2 rings (SSSR count). The van der Waals surface area contributed by atoms with E-state index >= 15 is 0 Å². The molecule has 0 saturated carbocycles. The van der Waals surface area contributed by atoms with E-state index in [4.69, 9.17) is 14.2 Å². The third-order valence-electron chi connectivity index (χ3n) is 3.72. The predicted molar refractivity (Wildman–Crippen MR) is 82.4 cm³/mol. The van der Waals surface area contributed by atoms with E-state index in [9.17, 15) is 4.79 Å². The molecule has 1 heterocycles. The number of ether oxygens (including phenoxy) is 3. The summed E-state index contributed by atoms with van der Waals surface area (Å²) in [6.07, 6.45) is 0.898. The maximum absolute atomic E-state index is 11.9. The van der Waals surface area contributed by atoms with Gasteiger partial charge < -0.3 is 19.5 Å². The largest absolute Gasteiger partial charge is 0.468 e. The van der Waals surface area contributed by atoms with Crippen molar-refractivity contribution in [3.63, 3.8) is 0 Å². The molecule has 6 heteroatoms. The van der Waals surface area contributed by atoms with Gasteiger partial charge in [-0.15, -0.1) is 0 Å². The number of esters is 1. The Hall–Kier alpha value is -1.27. The number of rotatable bonds is 6. The van der Waals surface area contributed by atoms with Crippen molar-refractivity contribution in [2.45, 2.75) is 32.9 Å². The fourth-order valence-corrected chi connectivity index (χ4v) is 2.66. The molecule has 0 fully saturated rings. The Balaban J connectivity index is 2.08. The highest BCUT2D eigenvalue weighted by Gasteiger charge is 2.25. The summed E-state index contributed by atoms with van der Waals surface area (Å²) in [5.41, 5.74) is 1.01. The minimum atomic E-state index is -0.322. The number of halogens is 1. The number of hydrogen-bond acceptors (Lipinski definition) is 5. The zero-order valence-corrected chi connectivity index (χ0v) is 14.0. The Morgan fingerprint density at radius 1 is 1.43 bits per heavy atom. The fraction of sp³-hybridized carbons (Fsp3) is 0.533. The zero-order chi connectivity index (χ0) is 15.4. The molecular formula is C15H20BrNO4. The summed E-state index contributed by atoms with van der Waals surface area (Å²) < 4.78 is 16.5. The summed E-state index contributed by atoms with van der Waals surface area (Å²) in [7, 11) is 1.41. The molecule has 5 nitrogen and oxygen atoms in total. The van der Waals surface area contributed by atoms with Crippen LogP contribution in [0.4, 0.5) is 0 Å². The summed E-state index contributed by atoms with van der Waals surface area (Å²) in [5, 5.41) is 3.27. The molecule has 116 valence electrons. The van der Waals surface area contributed by atoms with Crippen LogP contribution in [0.15, 0.2) is 16.6 Å². The molecule has 1 aromatic rings. The van der Waals surface area contributed by atoms with Gasteiger partial charge in [-0.05, 0) is 23.6 Å². The smallest absolute Gasteiger partial charge is 0.323 e. The number of benzene rings is 1. The third kappa shape index (κ3) is 3.68. The maximum Gasteiger partial charge on any atom is 0.323 e. The predicted octanol–water partition coefficient (Wildman–Crippen LogP) is 2.86. The molecule has 0 bridgehead atoms. The Bertz CT molecular complexity index is 521. The molecule has 0 aromatic heterocycles. The third-order valence-corrected chi connectivity index (χ3v) is 4.46. The number of fused-ring (bicyclic) bond motifs is 1. The average molecular weight is 358 g/mol. The Morgan fingerprint density at radius 2 is 2.10 bits per heavy atom. The molecule has 0 amide bonds. The second kappa shape index (κ2) is 7.13. The van der Waals surface area contributed by atoms with E-state index in [1.807, 2.05) is 19.1 Å². The zero-order valence-electron chi connectivity index (χ0n) is 12.4. The van der Waals surface area contributed by atoms with Gasteiger partial charge in [-0.3, -0.25) is 4.79 Å². The van der Waals surface area contributed by atoms with Gasteiger partial charge in [0, 0.05) is 11.0 Å². The fourth-order valence-electron chi connectivity index (χ4n) is 2.19. The van der Waals surface area contributed by atoms with Crippen LogP contribution in [0.25, 0.3) is 0 Å². The van der Waals surface area contributed by atoms with Crippen LogP contribution in [0.5, 0.6) is 11.5 Å². The van der Waals surface area contributed by atoms with E-state index in [0.29, 0.717) is 6.54 Å². The van der Waals surface area contributed by atoms with Crippen molar-refractivity contribution in [3.8, 4) is 11.5 Å². The standard InChI is InChI=1S/C15H20BrNO4/c1-4-9(2)14(15(18)19-3)17-7-10-5-12-13(6-11(10)16)21-8-20-12/h5-6,9,14,17H,4,7-8H2,1-3H3. The first-order valence-electron chi connectivity index (χ1n) is 6.96. The minimum absolute atomic E-state index is 0.199. The first-order valence-corrected chi connectivity index (χ1v) is 7.75. The second-order valence-corrected chi connectivity index (χ2v) is 5.92. The quantitative estimate of drug-likeness (QED) is 0.793. The van der Waals surface area contributed by atoms with Gasteiger partial charge in [-0.1, -0.05) is 36.2 Å². The summed E-state index contributed by atoms with van der Waals surface area (Å²) in [4.78, 5) is 11.9. The summed E-state index contributed by atoms with van der Waals surface area (Å²) in [6.45, 7) is 4.87. The lowest BCUT2D eigenvalue weighted by atomic mass is 9.99. The number of methoxy groups -OCH3 is 1. The lowest BCUT2D eigenvalue weighted by molar-refractivity contribution is -0.144. The molecule has 1 N–H and O–H groups in total. The lowest BCUT2D eigenvalue weighted by Gasteiger charge is -2.22. The molecule has 2 atom stereocenters. The average Bonchev–Trinajstić information content (AvgIpc) is 2.93. The van der Waals surface area contributed by atoms with E-state index in [-0.39, 0.29) is 24.7 Å². The van der Waals surface area contributed by atoms with Crippen molar-refractivity contribution in [2.75, 3.05) is 13.9 Å². The Kier molecular flexibility index (Phi) is 5.47. The first-order chi connectivity index (χ1) is 10.1. The van der Waals surface area contributed by atoms with E-state index in [1.54, 1.807) is 0 Å². The normalized spacial score (nSPS) is 15.6. The Morgan fingerprint density at radius 3 is 2.71 bits per heavy atom. The van der Waals surface area contributed by atoms with Gasteiger partial charge in [0.15, 0.2) is 11.5 Å². The van der Waals surface area contributed by atoms with Crippen LogP contribution in [0, 0.1) is 5.92 Å². The van der Waals surface area contributed by atoms with Gasteiger partial charge in [-0.25, -0.2) is 0 Å². The highest BCUT2D eigenvalue weighted by molar-refractivity contribution is 9.10. The summed E-state index contributed by atoms with van der Waals surface area (Å²) >= 11 is 3.52. The highest BCUT2D eigenvalue weighted by Crippen LogP contribution is 2.36. The number of hydrogen-bond donors (Lipinski definition) is 1. The number of carbonyl (C=O) groups is 1. The van der Waals surface area contributed by atoms with Gasteiger partial charge in [-0.2, -0.15) is 0 Å². The van der Waals surface area contributed by atoms with Crippen LogP contribution in [0.2, 0.25) is 0 Å². The van der Waals surface area contributed by atoms with Crippen molar-refractivity contribution in [2.24, 2.45) is 5.92 Å². The molecule has 0 aliphatic carbocycles. The molecule has 0 saturated heterocycles. The van der Waals surface area contributed by atoms with Crippen LogP contribution in [-0.4, -0.2) is 25.9 Å². The van der Waals surface area contributed by atoms with Crippen LogP contribution >= 0.6 is 15.9 Å². The first kappa shape index (κ1) is 16.1. The summed E-state index contributed by atoms with van der Waals surface area (Å²) in [5.74, 6) is 1.43.